The molecule has 112 valence electrons. The van der Waals surface area contributed by atoms with Crippen LogP contribution in [-0.2, 0) is 6.42 Å². The molecule has 0 aliphatic heterocycles. The van der Waals surface area contributed by atoms with Crippen LogP contribution in [0, 0.1) is 13.8 Å². The number of aryl methyl sites for hydroxylation is 2. The van der Waals surface area contributed by atoms with Crippen LogP contribution in [0.3, 0.4) is 0 Å². The van der Waals surface area contributed by atoms with Gasteiger partial charge in [0.15, 0.2) is 0 Å². The largest absolute Gasteiger partial charge is 0.477 e. The minimum Gasteiger partial charge on any atom is -0.477 e. The van der Waals surface area contributed by atoms with Crippen LogP contribution in [0.25, 0.3) is 0 Å². The van der Waals surface area contributed by atoms with Crippen LogP contribution in [0.1, 0.15) is 42.8 Å². The van der Waals surface area contributed by atoms with E-state index in [1.807, 2.05) is 13.8 Å². The van der Waals surface area contributed by atoms with E-state index >= 15 is 0 Å². The Hall–Kier alpha value is -2.15. The smallest absolute Gasteiger partial charge is 0.345 e. The van der Waals surface area contributed by atoms with Crippen molar-refractivity contribution >= 4 is 23.2 Å². The SMILES string of the molecule is Cc1noc(C)c1CCCNC(=O)c1ccc(C(=O)O)s1. The minimum absolute atomic E-state index is 0.163. The number of carbonyl (C=O) groups excluding carboxylic acids is 1. The first-order valence-electron chi connectivity index (χ1n) is 6.52. The van der Waals surface area contributed by atoms with Gasteiger partial charge in [-0.2, -0.15) is 0 Å². The Bertz CT molecular complexity index is 640. The summed E-state index contributed by atoms with van der Waals surface area (Å²) in [5.41, 5.74) is 1.96. The van der Waals surface area contributed by atoms with Crippen LogP contribution in [0.4, 0.5) is 0 Å². The number of amides is 1. The molecular weight excluding hydrogens is 292 g/mol. The van der Waals surface area contributed by atoms with Gasteiger partial charge < -0.3 is 14.9 Å². The zero-order valence-electron chi connectivity index (χ0n) is 11.8. The maximum atomic E-state index is 11.9. The van der Waals surface area contributed by atoms with Gasteiger partial charge in [0, 0.05) is 12.1 Å². The van der Waals surface area contributed by atoms with Crippen molar-refractivity contribution in [3.8, 4) is 0 Å². The van der Waals surface area contributed by atoms with Crippen LogP contribution in [0.5, 0.6) is 0 Å². The van der Waals surface area contributed by atoms with Crippen molar-refractivity contribution in [1.29, 1.82) is 0 Å². The highest BCUT2D eigenvalue weighted by Gasteiger charge is 2.13. The number of hydrogen-bond acceptors (Lipinski definition) is 5. The molecule has 0 atom stereocenters. The fourth-order valence-corrected chi connectivity index (χ4v) is 2.75. The summed E-state index contributed by atoms with van der Waals surface area (Å²) in [5.74, 6) is -0.452. The highest BCUT2D eigenvalue weighted by molar-refractivity contribution is 7.15. The van der Waals surface area contributed by atoms with E-state index in [-0.39, 0.29) is 10.8 Å². The summed E-state index contributed by atoms with van der Waals surface area (Å²) in [6.07, 6.45) is 1.55. The second-order valence-electron chi connectivity index (χ2n) is 4.63. The summed E-state index contributed by atoms with van der Waals surface area (Å²) in [5, 5.41) is 15.5. The Morgan fingerprint density at radius 3 is 2.62 bits per heavy atom. The van der Waals surface area contributed by atoms with Crippen LogP contribution in [0.2, 0.25) is 0 Å². The predicted molar refractivity (Wildman–Crippen MR) is 77.9 cm³/mol. The maximum Gasteiger partial charge on any atom is 0.345 e. The third-order valence-electron chi connectivity index (χ3n) is 3.11. The van der Waals surface area contributed by atoms with Gasteiger partial charge in [0.05, 0.1) is 10.6 Å². The third-order valence-corrected chi connectivity index (χ3v) is 4.18. The first kappa shape index (κ1) is 15.2. The molecule has 0 unspecified atom stereocenters. The van der Waals surface area contributed by atoms with Crippen molar-refractivity contribution in [2.75, 3.05) is 6.54 Å². The molecule has 0 aliphatic rings. The zero-order valence-corrected chi connectivity index (χ0v) is 12.6. The van der Waals surface area contributed by atoms with Gasteiger partial charge in [-0.3, -0.25) is 4.79 Å². The van der Waals surface area contributed by atoms with E-state index in [9.17, 15) is 9.59 Å². The molecule has 0 saturated carbocycles. The molecule has 0 spiro atoms. The minimum atomic E-state index is -1.02. The van der Waals surface area contributed by atoms with Gasteiger partial charge in [-0.15, -0.1) is 11.3 Å². The molecular formula is C14H16N2O4S. The van der Waals surface area contributed by atoms with Crippen molar-refractivity contribution in [2.24, 2.45) is 0 Å². The van der Waals surface area contributed by atoms with Gasteiger partial charge in [0.1, 0.15) is 10.6 Å². The fraction of sp³-hybridized carbons (Fsp3) is 0.357. The molecule has 2 aromatic heterocycles. The number of hydrogen-bond donors (Lipinski definition) is 2. The van der Waals surface area contributed by atoms with E-state index in [0.29, 0.717) is 11.4 Å². The van der Waals surface area contributed by atoms with Crippen LogP contribution < -0.4 is 5.32 Å². The standard InChI is InChI=1S/C14H16N2O4S/c1-8-10(9(2)20-16-8)4-3-7-15-13(17)11-5-6-12(21-11)14(18)19/h5-6H,3-4,7H2,1-2H3,(H,15,17)(H,18,19). The number of carboxylic acids is 1. The first-order valence-corrected chi connectivity index (χ1v) is 7.33. The molecule has 2 heterocycles. The van der Waals surface area contributed by atoms with E-state index in [4.69, 9.17) is 9.63 Å². The highest BCUT2D eigenvalue weighted by Crippen LogP contribution is 2.16. The van der Waals surface area contributed by atoms with E-state index < -0.39 is 5.97 Å². The van der Waals surface area contributed by atoms with E-state index in [1.165, 1.54) is 12.1 Å². The molecule has 0 aliphatic carbocycles. The number of carboxylic acid groups (broad SMARTS) is 1. The van der Waals surface area contributed by atoms with Gasteiger partial charge in [0.2, 0.25) is 0 Å². The summed E-state index contributed by atoms with van der Waals surface area (Å²) in [7, 11) is 0. The average Bonchev–Trinajstić information content (AvgIpc) is 3.04. The van der Waals surface area contributed by atoms with E-state index in [1.54, 1.807) is 0 Å². The van der Waals surface area contributed by atoms with Crippen LogP contribution >= 0.6 is 11.3 Å². The molecule has 2 N–H and O–H groups in total. The topological polar surface area (TPSA) is 92.4 Å². The maximum absolute atomic E-state index is 11.9. The molecule has 6 nitrogen and oxygen atoms in total. The lowest BCUT2D eigenvalue weighted by Crippen LogP contribution is -2.23. The van der Waals surface area contributed by atoms with Gasteiger partial charge in [0.25, 0.3) is 5.91 Å². The van der Waals surface area contributed by atoms with Gasteiger partial charge in [-0.1, -0.05) is 5.16 Å². The molecule has 7 heteroatoms. The molecule has 0 saturated heterocycles. The predicted octanol–water partition coefficient (Wildman–Crippen LogP) is 2.41. The molecule has 0 aromatic carbocycles. The van der Waals surface area contributed by atoms with Gasteiger partial charge in [-0.05, 0) is 38.8 Å². The fourth-order valence-electron chi connectivity index (χ4n) is 1.99. The van der Waals surface area contributed by atoms with Gasteiger partial charge >= 0.3 is 5.97 Å². The summed E-state index contributed by atoms with van der Waals surface area (Å²) in [4.78, 5) is 23.2. The Balaban J connectivity index is 1.80. The normalized spacial score (nSPS) is 10.6. The van der Waals surface area contributed by atoms with Crippen molar-refractivity contribution < 1.29 is 19.2 Å². The Morgan fingerprint density at radius 2 is 2.05 bits per heavy atom. The average molecular weight is 308 g/mol. The van der Waals surface area contributed by atoms with Crippen LogP contribution in [-0.4, -0.2) is 28.7 Å². The van der Waals surface area contributed by atoms with E-state index in [2.05, 4.69) is 10.5 Å². The molecule has 2 aromatic rings. The number of aromatic nitrogens is 1. The lowest BCUT2D eigenvalue weighted by molar-refractivity contribution is 0.0702. The van der Waals surface area contributed by atoms with Crippen molar-refractivity contribution in [3.63, 3.8) is 0 Å². The number of rotatable bonds is 6. The lowest BCUT2D eigenvalue weighted by Gasteiger charge is -2.03. The second kappa shape index (κ2) is 6.53. The highest BCUT2D eigenvalue weighted by atomic mass is 32.1. The summed E-state index contributed by atoms with van der Waals surface area (Å²) < 4.78 is 5.08. The molecule has 0 radical (unpaired) electrons. The van der Waals surface area contributed by atoms with E-state index in [0.717, 1.165) is 41.2 Å². The summed E-state index contributed by atoms with van der Waals surface area (Å²) in [6.45, 7) is 4.28. The number of thiophene rings is 1. The first-order chi connectivity index (χ1) is 9.99. The van der Waals surface area contributed by atoms with Crippen molar-refractivity contribution in [1.82, 2.24) is 10.5 Å². The number of nitrogens with one attached hydrogen (secondary N) is 1. The molecule has 0 fully saturated rings. The summed E-state index contributed by atoms with van der Waals surface area (Å²) >= 11 is 0.973. The zero-order chi connectivity index (χ0) is 15.4. The van der Waals surface area contributed by atoms with Crippen LogP contribution in [0.15, 0.2) is 16.7 Å². The molecule has 1 amide bonds. The molecule has 0 bridgehead atoms. The van der Waals surface area contributed by atoms with Crippen molar-refractivity contribution in [3.05, 3.63) is 38.9 Å². The monoisotopic (exact) mass is 308 g/mol. The summed E-state index contributed by atoms with van der Waals surface area (Å²) in [6, 6.07) is 2.96. The second-order valence-corrected chi connectivity index (χ2v) is 5.72. The van der Waals surface area contributed by atoms with Crippen molar-refractivity contribution in [2.45, 2.75) is 26.7 Å². The molecule has 2 rings (SSSR count). The quantitative estimate of drug-likeness (QED) is 0.799. The Labute approximate surface area is 125 Å². The Kier molecular flexibility index (Phi) is 4.74. The third kappa shape index (κ3) is 3.69. The molecule has 21 heavy (non-hydrogen) atoms. The lowest BCUT2D eigenvalue weighted by atomic mass is 10.1. The number of nitrogens with zero attached hydrogens (tertiary/aromatic N) is 1. The Morgan fingerprint density at radius 1 is 1.33 bits per heavy atom. The number of carbonyl (C=O) groups is 2. The van der Waals surface area contributed by atoms with Gasteiger partial charge in [-0.25, -0.2) is 4.79 Å². The number of aromatic carboxylic acids is 1.